The Labute approximate surface area is 186 Å². The second-order valence-corrected chi connectivity index (χ2v) is 8.77. The summed E-state index contributed by atoms with van der Waals surface area (Å²) in [4.78, 5) is 19.7. The van der Waals surface area contributed by atoms with E-state index in [1.807, 2.05) is 36.9 Å². The highest BCUT2D eigenvalue weighted by Gasteiger charge is 2.41. The number of ether oxygens (including phenoxy) is 1. The summed E-state index contributed by atoms with van der Waals surface area (Å²) in [6.07, 6.45) is 4.90. The summed E-state index contributed by atoms with van der Waals surface area (Å²) >= 11 is 0. The van der Waals surface area contributed by atoms with Gasteiger partial charge in [-0.15, -0.1) is 0 Å². The van der Waals surface area contributed by atoms with E-state index >= 15 is 0 Å². The molecule has 0 radical (unpaired) electrons. The van der Waals surface area contributed by atoms with Gasteiger partial charge in [-0.25, -0.2) is 0 Å². The summed E-state index contributed by atoms with van der Waals surface area (Å²) in [7, 11) is 3.99. The number of carbonyl (C=O) groups is 1. The SMILES string of the molecule is CCN(CC)C(=O)c1ccc(N(c2cccc(OC)c2)C2C[C@H]3CC[C@@H](C2)N3C)cc1. The Morgan fingerprint density at radius 3 is 2.23 bits per heavy atom. The number of fused-ring (bicyclic) bond motifs is 2. The van der Waals surface area contributed by atoms with Crippen LogP contribution >= 0.6 is 0 Å². The van der Waals surface area contributed by atoms with Crippen LogP contribution in [0.1, 0.15) is 49.9 Å². The van der Waals surface area contributed by atoms with Crippen LogP contribution in [0.3, 0.4) is 0 Å². The molecule has 1 amide bonds. The fourth-order valence-electron chi connectivity index (χ4n) is 5.38. The van der Waals surface area contributed by atoms with E-state index < -0.39 is 0 Å². The van der Waals surface area contributed by atoms with E-state index in [0.717, 1.165) is 48.6 Å². The first kappa shape index (κ1) is 21.7. The summed E-state index contributed by atoms with van der Waals surface area (Å²) in [5.74, 6) is 0.966. The predicted molar refractivity (Wildman–Crippen MR) is 126 cm³/mol. The molecule has 2 heterocycles. The van der Waals surface area contributed by atoms with Gasteiger partial charge in [0.2, 0.25) is 0 Å². The van der Waals surface area contributed by atoms with Gasteiger partial charge in [0.25, 0.3) is 5.91 Å². The van der Waals surface area contributed by atoms with E-state index in [2.05, 4.69) is 47.2 Å². The van der Waals surface area contributed by atoms with Crippen LogP contribution in [0.5, 0.6) is 5.75 Å². The Kier molecular flexibility index (Phi) is 6.51. The fourth-order valence-corrected chi connectivity index (χ4v) is 5.38. The smallest absolute Gasteiger partial charge is 0.253 e. The van der Waals surface area contributed by atoms with E-state index in [1.54, 1.807) is 7.11 Å². The Balaban J connectivity index is 1.67. The second kappa shape index (κ2) is 9.31. The molecule has 1 unspecified atom stereocenters. The molecule has 0 aliphatic carbocycles. The highest BCUT2D eigenvalue weighted by molar-refractivity contribution is 5.94. The number of carbonyl (C=O) groups excluding carboxylic acids is 1. The minimum Gasteiger partial charge on any atom is -0.497 e. The summed E-state index contributed by atoms with van der Waals surface area (Å²) in [6.45, 7) is 5.50. The van der Waals surface area contributed by atoms with Crippen molar-refractivity contribution in [3.63, 3.8) is 0 Å². The molecule has 0 spiro atoms. The van der Waals surface area contributed by atoms with Gasteiger partial charge in [-0.1, -0.05) is 6.07 Å². The van der Waals surface area contributed by atoms with Crippen molar-refractivity contribution in [2.75, 3.05) is 32.1 Å². The summed E-state index contributed by atoms with van der Waals surface area (Å²) in [5, 5.41) is 0. The molecule has 2 bridgehead atoms. The number of piperidine rings is 1. The van der Waals surface area contributed by atoms with Gasteiger partial charge in [0.15, 0.2) is 0 Å². The standard InChI is InChI=1S/C26H35N3O2/c1-5-28(6-2)26(30)19-10-12-20(13-11-19)29(23-8-7-9-25(18-23)31-4)24-16-21-14-15-22(17-24)27(21)3/h7-13,18,21-22,24H,5-6,14-17H2,1-4H3/t21-,22+,24?. The Morgan fingerprint density at radius 2 is 1.65 bits per heavy atom. The summed E-state index contributed by atoms with van der Waals surface area (Å²) < 4.78 is 5.52. The molecular weight excluding hydrogens is 386 g/mol. The highest BCUT2D eigenvalue weighted by atomic mass is 16.5. The molecule has 0 saturated carbocycles. The predicted octanol–water partition coefficient (Wildman–Crippen LogP) is 4.94. The van der Waals surface area contributed by atoms with Gasteiger partial charge in [-0.2, -0.15) is 0 Å². The first-order valence-electron chi connectivity index (χ1n) is 11.6. The first-order chi connectivity index (χ1) is 15.0. The maximum atomic E-state index is 12.8. The maximum absolute atomic E-state index is 12.8. The minimum atomic E-state index is 0.0989. The Morgan fingerprint density at radius 1 is 1.00 bits per heavy atom. The molecule has 0 N–H and O–H groups in total. The molecule has 2 saturated heterocycles. The highest BCUT2D eigenvalue weighted by Crippen LogP contribution is 2.41. The monoisotopic (exact) mass is 421 g/mol. The molecule has 31 heavy (non-hydrogen) atoms. The Bertz CT molecular complexity index is 880. The zero-order valence-electron chi connectivity index (χ0n) is 19.3. The molecule has 5 nitrogen and oxygen atoms in total. The normalized spacial score (nSPS) is 22.9. The molecule has 4 rings (SSSR count). The van der Waals surface area contributed by atoms with E-state index in [-0.39, 0.29) is 5.91 Å². The minimum absolute atomic E-state index is 0.0989. The van der Waals surface area contributed by atoms with Crippen LogP contribution in [-0.2, 0) is 0 Å². The van der Waals surface area contributed by atoms with Gasteiger partial charge in [0, 0.05) is 54.2 Å². The first-order valence-corrected chi connectivity index (χ1v) is 11.6. The quantitative estimate of drug-likeness (QED) is 0.634. The van der Waals surface area contributed by atoms with Crippen LogP contribution in [-0.4, -0.2) is 61.1 Å². The third-order valence-corrected chi connectivity index (χ3v) is 7.21. The third-order valence-electron chi connectivity index (χ3n) is 7.21. The molecular formula is C26H35N3O2. The van der Waals surface area contributed by atoms with Crippen LogP contribution in [0, 0.1) is 0 Å². The van der Waals surface area contributed by atoms with Gasteiger partial charge < -0.3 is 19.4 Å². The lowest BCUT2D eigenvalue weighted by molar-refractivity contribution is 0.0773. The summed E-state index contributed by atoms with van der Waals surface area (Å²) in [6, 6.07) is 18.2. The summed E-state index contributed by atoms with van der Waals surface area (Å²) in [5.41, 5.74) is 3.04. The van der Waals surface area contributed by atoms with Crippen LogP contribution in [0.2, 0.25) is 0 Å². The van der Waals surface area contributed by atoms with Crippen molar-refractivity contribution in [2.45, 2.75) is 57.7 Å². The number of benzene rings is 2. The number of methoxy groups -OCH3 is 1. The average Bonchev–Trinajstić information content (AvgIpc) is 3.00. The van der Waals surface area contributed by atoms with Crippen molar-refractivity contribution in [3.05, 3.63) is 54.1 Å². The van der Waals surface area contributed by atoms with Crippen molar-refractivity contribution in [3.8, 4) is 5.75 Å². The molecule has 2 aromatic carbocycles. The second-order valence-electron chi connectivity index (χ2n) is 8.77. The van der Waals surface area contributed by atoms with Crippen LogP contribution < -0.4 is 9.64 Å². The van der Waals surface area contributed by atoms with Gasteiger partial charge in [0.05, 0.1) is 7.11 Å². The molecule has 0 aromatic heterocycles. The number of anilines is 2. The number of rotatable bonds is 7. The number of amides is 1. The lowest BCUT2D eigenvalue weighted by Crippen LogP contribution is -2.47. The van der Waals surface area contributed by atoms with Crippen LogP contribution in [0.4, 0.5) is 11.4 Å². The number of nitrogens with zero attached hydrogens (tertiary/aromatic N) is 3. The maximum Gasteiger partial charge on any atom is 0.253 e. The molecule has 5 heteroatoms. The van der Waals surface area contributed by atoms with Crippen molar-refractivity contribution in [1.82, 2.24) is 9.80 Å². The van der Waals surface area contributed by atoms with Crippen LogP contribution in [0.25, 0.3) is 0 Å². The third kappa shape index (κ3) is 4.29. The largest absolute Gasteiger partial charge is 0.497 e. The zero-order chi connectivity index (χ0) is 22.0. The lowest BCUT2D eigenvalue weighted by atomic mass is 9.95. The number of hydrogen-bond acceptors (Lipinski definition) is 4. The Hall–Kier alpha value is -2.53. The molecule has 2 aliphatic rings. The fraction of sp³-hybridized carbons (Fsp3) is 0.500. The van der Waals surface area contributed by atoms with E-state index in [1.165, 1.54) is 12.8 Å². The molecule has 2 fully saturated rings. The van der Waals surface area contributed by atoms with Gasteiger partial charge in [-0.3, -0.25) is 4.79 Å². The van der Waals surface area contributed by atoms with Gasteiger partial charge in [-0.05, 0) is 83.0 Å². The van der Waals surface area contributed by atoms with Crippen molar-refractivity contribution in [2.24, 2.45) is 0 Å². The average molecular weight is 422 g/mol. The molecule has 2 aromatic rings. The van der Waals surface area contributed by atoms with Crippen molar-refractivity contribution in [1.29, 1.82) is 0 Å². The van der Waals surface area contributed by atoms with Crippen molar-refractivity contribution < 1.29 is 9.53 Å². The molecule has 166 valence electrons. The van der Waals surface area contributed by atoms with E-state index in [0.29, 0.717) is 18.1 Å². The van der Waals surface area contributed by atoms with E-state index in [4.69, 9.17) is 4.74 Å². The zero-order valence-corrected chi connectivity index (χ0v) is 19.3. The molecule has 3 atom stereocenters. The number of hydrogen-bond donors (Lipinski definition) is 0. The van der Waals surface area contributed by atoms with Gasteiger partial charge >= 0.3 is 0 Å². The van der Waals surface area contributed by atoms with E-state index in [9.17, 15) is 4.79 Å². The molecule has 2 aliphatic heterocycles. The van der Waals surface area contributed by atoms with Crippen molar-refractivity contribution >= 4 is 17.3 Å². The topological polar surface area (TPSA) is 36.0 Å². The van der Waals surface area contributed by atoms with Gasteiger partial charge in [0.1, 0.15) is 5.75 Å². The van der Waals surface area contributed by atoms with Crippen LogP contribution in [0.15, 0.2) is 48.5 Å². The lowest BCUT2D eigenvalue weighted by Gasteiger charge is -2.43.